The van der Waals surface area contributed by atoms with Gasteiger partial charge in [0.2, 0.25) is 0 Å². The van der Waals surface area contributed by atoms with Gasteiger partial charge >= 0.3 is 18.2 Å². The summed E-state index contributed by atoms with van der Waals surface area (Å²) >= 11 is 13.3. The summed E-state index contributed by atoms with van der Waals surface area (Å²) in [5.41, 5.74) is 12.1. The number of primary amides is 2. The number of nitrogens with one attached hydrogen (secondary N) is 1. The van der Waals surface area contributed by atoms with Crippen LogP contribution in [0.15, 0.2) is 36.9 Å². The number of benzene rings is 2. The summed E-state index contributed by atoms with van der Waals surface area (Å²) in [4.78, 5) is 88.3. The molecule has 2 saturated heterocycles. The number of methoxy groups -OCH3 is 2. The number of carboxylic acids is 1. The van der Waals surface area contributed by atoms with Gasteiger partial charge in [0.15, 0.2) is 23.0 Å². The molecule has 8 N–H and O–H groups in total. The third kappa shape index (κ3) is 20.5. The second kappa shape index (κ2) is 32.2. The van der Waals surface area contributed by atoms with Crippen molar-refractivity contribution in [3.05, 3.63) is 80.6 Å². The Kier molecular flexibility index (Phi) is 25.8. The lowest BCUT2D eigenvalue weighted by atomic mass is 10.1. The first kappa shape index (κ1) is 79.4. The molecule has 2 aliphatic carbocycles. The zero-order valence-corrected chi connectivity index (χ0v) is 60.7. The summed E-state index contributed by atoms with van der Waals surface area (Å²) in [7, 11) is 6.14. The van der Waals surface area contributed by atoms with Crippen molar-refractivity contribution in [3.63, 3.8) is 0 Å². The Morgan fingerprint density at radius 1 is 0.626 bits per heavy atom. The van der Waals surface area contributed by atoms with Gasteiger partial charge in [-0.2, -0.15) is 10.2 Å². The van der Waals surface area contributed by atoms with Crippen LogP contribution in [0.4, 0.5) is 21.2 Å². The van der Waals surface area contributed by atoms with Crippen LogP contribution >= 0.6 is 48.0 Å². The van der Waals surface area contributed by atoms with E-state index < -0.39 is 70.4 Å². The molecule has 4 fully saturated rings. The van der Waals surface area contributed by atoms with Crippen LogP contribution < -0.4 is 26.6 Å². The molecule has 31 heteroatoms. The lowest BCUT2D eigenvalue weighted by Gasteiger charge is -2.26. The molecule has 4 aliphatic rings. The van der Waals surface area contributed by atoms with Gasteiger partial charge < -0.3 is 65.1 Å². The highest BCUT2D eigenvalue weighted by Crippen LogP contribution is 2.40. The third-order valence-corrected chi connectivity index (χ3v) is 15.9. The largest absolute Gasteiger partial charge is 0.472 e. The zero-order chi connectivity index (χ0) is 71.4. The standard InChI is InChI=1S/C34H40ClN7O6.C28H34ClN7O4.C6H8O3.2ClH/c1-33(2,3)48-32(45)39(6)31-29(30(36)44)25(11-8-20-14-26-27(16-24(20)35)41(19-37-26)21-9-10-21)38-42(31)22-15-23(18-47-7)40(17-22)28(43)12-13-34(4,5)46;1-28(2,3)40-27(38)34(4)26-24(25(30)37)21(33-36(26)19-11-17(14-39-5)31-13-19)9-6-16-10-22-23(12-20(16)29)35(15-32-22)18-7-8-18;1-6(2,9)4-3-5(7)8;;/h14,16,19,21-23,46H,9-10,15,17-18H2,1-7H3,(H2,36,44);10,12,15,17-19,31H,7-8,11,13-14H2,1-5H3,(H2,30,37);9H,1-2H3,(H,7,8);2*1H/t22-,23+;17-,19+;;;/m01.../s1. The molecule has 0 unspecified atom stereocenters. The fourth-order valence-electron chi connectivity index (χ4n) is 10.8. The van der Waals surface area contributed by atoms with E-state index in [1.54, 1.807) is 71.6 Å². The molecule has 4 atom stereocenters. The Bertz CT molecular complexity index is 4310. The van der Waals surface area contributed by atoms with Crippen LogP contribution in [0.1, 0.15) is 175 Å². The van der Waals surface area contributed by atoms with E-state index in [0.29, 0.717) is 59.2 Å². The van der Waals surface area contributed by atoms with E-state index in [1.165, 1.54) is 63.4 Å². The van der Waals surface area contributed by atoms with Crippen molar-refractivity contribution < 1.29 is 63.0 Å². The van der Waals surface area contributed by atoms with Crippen LogP contribution in [-0.4, -0.2) is 184 Å². The minimum atomic E-state index is -1.37. The van der Waals surface area contributed by atoms with E-state index >= 15 is 0 Å². The Balaban J connectivity index is 0.000000275. The Morgan fingerprint density at radius 2 is 1.05 bits per heavy atom. The Labute approximate surface area is 596 Å². The molecule has 0 spiro atoms. The molecule has 2 saturated carbocycles. The predicted octanol–water partition coefficient (Wildman–Crippen LogP) is 7.98. The van der Waals surface area contributed by atoms with Crippen LogP contribution in [0.3, 0.4) is 0 Å². The highest BCUT2D eigenvalue weighted by molar-refractivity contribution is 6.33. The number of carbonyl (C=O) groups excluding carboxylic acids is 5. The van der Waals surface area contributed by atoms with E-state index in [0.717, 1.165) is 52.6 Å². The molecule has 4 aromatic heterocycles. The SMILES string of the molecule is CC(C)(O)C#CC(=O)O.COC[C@H]1C[C@H](n2nc(C#Cc3cc4ncn(C5CC5)c4cc3Cl)c(C(N)=O)c2N(C)C(=O)OC(C)(C)C)CN1.COC[C@H]1C[C@H](n2nc(C#Cc3cc4ncn(C5CC5)c4cc3Cl)c(C(N)=O)c2N(C)C(=O)OC(C)(C)C)CN1C(=O)C#CC(C)(C)O.Cl.Cl. The number of hydrogen-bond donors (Lipinski definition) is 6. The van der Waals surface area contributed by atoms with Crippen LogP contribution in [0.5, 0.6) is 0 Å². The van der Waals surface area contributed by atoms with E-state index in [-0.39, 0.29) is 84.2 Å². The highest BCUT2D eigenvalue weighted by Gasteiger charge is 2.41. The number of aliphatic carboxylic acids is 1. The maximum absolute atomic E-state index is 13.4. The van der Waals surface area contributed by atoms with E-state index in [9.17, 15) is 33.9 Å². The smallest absolute Gasteiger partial charge is 0.415 e. The van der Waals surface area contributed by atoms with Gasteiger partial charge in [-0.3, -0.25) is 24.2 Å². The number of ether oxygens (including phenoxy) is 4. The molecule has 99 heavy (non-hydrogen) atoms. The van der Waals surface area contributed by atoms with Gasteiger partial charge in [0.1, 0.15) is 33.5 Å². The van der Waals surface area contributed by atoms with Crippen molar-refractivity contribution in [2.75, 3.05) is 64.4 Å². The molecule has 6 aromatic rings. The number of aromatic nitrogens is 8. The van der Waals surface area contributed by atoms with Crippen molar-refractivity contribution in [1.82, 2.24) is 48.9 Å². The third-order valence-electron chi connectivity index (χ3n) is 15.3. The fraction of sp³-hybridized carbons (Fsp3) is 0.500. The number of carboxylic acid groups (broad SMARTS) is 1. The molecule has 5 amide bonds. The first-order chi connectivity index (χ1) is 45.3. The van der Waals surface area contributed by atoms with Gasteiger partial charge in [0.05, 0.1) is 76.1 Å². The average molecular weight is 1450 g/mol. The number of anilines is 2. The number of nitrogens with two attached hydrogens (primary N) is 2. The van der Waals surface area contributed by atoms with E-state index in [2.05, 4.69) is 65.9 Å². The molecule has 2 aromatic carbocycles. The van der Waals surface area contributed by atoms with Crippen molar-refractivity contribution >= 4 is 118 Å². The van der Waals surface area contributed by atoms with Crippen LogP contribution in [0.25, 0.3) is 22.1 Å². The lowest BCUT2D eigenvalue weighted by Crippen LogP contribution is -2.38. The van der Waals surface area contributed by atoms with Crippen LogP contribution in [-0.2, 0) is 28.5 Å². The number of hydrogen-bond acceptors (Lipinski definition) is 17. The maximum Gasteiger partial charge on any atom is 0.415 e. The molecule has 0 bridgehead atoms. The van der Waals surface area contributed by atoms with Gasteiger partial charge in [0.25, 0.3) is 17.7 Å². The first-order valence-electron chi connectivity index (χ1n) is 31.3. The second-order valence-electron chi connectivity index (χ2n) is 27.0. The van der Waals surface area contributed by atoms with Crippen molar-refractivity contribution in [3.8, 4) is 47.4 Å². The normalized spacial score (nSPS) is 17.2. The predicted molar refractivity (Wildman–Crippen MR) is 377 cm³/mol. The van der Waals surface area contributed by atoms with Gasteiger partial charge in [-0.05, 0) is 150 Å². The second-order valence-corrected chi connectivity index (χ2v) is 27.8. The molecule has 10 rings (SSSR count). The quantitative estimate of drug-likeness (QED) is 0.0632. The van der Waals surface area contributed by atoms with Crippen LogP contribution in [0.2, 0.25) is 10.0 Å². The summed E-state index contributed by atoms with van der Waals surface area (Å²) in [6.07, 6.45) is 7.69. The molecular formula is C68H84Cl4N14O13. The number of carbonyl (C=O) groups is 6. The van der Waals surface area contributed by atoms with Crippen LogP contribution in [0, 0.1) is 47.4 Å². The summed E-state index contributed by atoms with van der Waals surface area (Å²) in [5.74, 6) is 17.9. The topological polar surface area (TPSA) is 345 Å². The minimum absolute atomic E-state index is 0. The number of fused-ring (bicyclic) bond motifs is 2. The van der Waals surface area contributed by atoms with Gasteiger partial charge in [0, 0.05) is 76.6 Å². The number of aliphatic hydroxyl groups is 2. The van der Waals surface area contributed by atoms with Gasteiger partial charge in [-0.25, -0.2) is 33.7 Å². The molecule has 27 nitrogen and oxygen atoms in total. The summed E-state index contributed by atoms with van der Waals surface area (Å²) in [6.45, 7) is 17.7. The average Bonchev–Trinajstić information content (AvgIpc) is 1.66. The Morgan fingerprint density at radius 3 is 1.42 bits per heavy atom. The zero-order valence-electron chi connectivity index (χ0n) is 57.6. The number of halogens is 4. The highest BCUT2D eigenvalue weighted by atomic mass is 35.5. The minimum Gasteiger partial charge on any atom is -0.472 e. The van der Waals surface area contributed by atoms with Crippen molar-refractivity contribution in [2.45, 2.75) is 166 Å². The molecule has 0 radical (unpaired) electrons. The molecule has 2 aliphatic heterocycles. The lowest BCUT2D eigenvalue weighted by molar-refractivity contribution is -0.130. The first-order valence-corrected chi connectivity index (χ1v) is 32.0. The maximum atomic E-state index is 13.4. The number of nitrogens with zero attached hydrogens (tertiary/aromatic N) is 11. The number of rotatable bonds is 12. The fourth-order valence-corrected chi connectivity index (χ4v) is 11.2. The monoisotopic (exact) mass is 1440 g/mol. The number of amides is 5. The molecule has 532 valence electrons. The molecular weight excluding hydrogens is 1360 g/mol. The van der Waals surface area contributed by atoms with E-state index in [4.69, 9.17) is 74.0 Å². The number of likely N-dealkylation sites (tertiary alicyclic amines) is 1. The van der Waals surface area contributed by atoms with Gasteiger partial charge in [-0.1, -0.05) is 46.9 Å². The summed E-state index contributed by atoms with van der Waals surface area (Å²) in [6, 6.07) is 7.13. The summed E-state index contributed by atoms with van der Waals surface area (Å²) in [5, 5.41) is 40.5. The number of imidazole rings is 2. The molecule has 6 heterocycles. The Hall–Kier alpha value is -8.58. The van der Waals surface area contributed by atoms with E-state index in [1.807, 2.05) is 24.5 Å². The van der Waals surface area contributed by atoms with Crippen molar-refractivity contribution in [2.24, 2.45) is 11.5 Å². The van der Waals surface area contributed by atoms with Gasteiger partial charge in [-0.15, -0.1) is 24.8 Å². The van der Waals surface area contributed by atoms with Crippen molar-refractivity contribution in [1.29, 1.82) is 0 Å². The summed E-state index contributed by atoms with van der Waals surface area (Å²) < 4.78 is 29.3.